The fourth-order valence-electron chi connectivity index (χ4n) is 3.47. The Morgan fingerprint density at radius 3 is 2.68 bits per heavy atom. The summed E-state index contributed by atoms with van der Waals surface area (Å²) in [4.78, 5) is 26.5. The summed E-state index contributed by atoms with van der Waals surface area (Å²) < 4.78 is 11.0. The minimum absolute atomic E-state index is 0.243. The van der Waals surface area contributed by atoms with Crippen molar-refractivity contribution in [1.29, 1.82) is 0 Å². The number of thiophene rings is 1. The summed E-state index contributed by atoms with van der Waals surface area (Å²) in [6.45, 7) is 5.87. The van der Waals surface area contributed by atoms with Crippen molar-refractivity contribution in [2.45, 2.75) is 59.0 Å². The summed E-state index contributed by atoms with van der Waals surface area (Å²) in [5.41, 5.74) is 3.60. The zero-order valence-corrected chi connectivity index (χ0v) is 17.7. The van der Waals surface area contributed by atoms with Crippen LogP contribution in [0.15, 0.2) is 18.2 Å². The third-order valence-electron chi connectivity index (χ3n) is 5.07. The van der Waals surface area contributed by atoms with Gasteiger partial charge in [0.1, 0.15) is 10.8 Å². The summed E-state index contributed by atoms with van der Waals surface area (Å²) in [7, 11) is 1.37. The van der Waals surface area contributed by atoms with Crippen LogP contribution < -0.4 is 10.1 Å². The van der Waals surface area contributed by atoms with E-state index in [1.54, 1.807) is 0 Å². The maximum atomic E-state index is 12.9. The fraction of sp³-hybridized carbons (Fsp3) is 0.455. The van der Waals surface area contributed by atoms with E-state index in [-0.39, 0.29) is 5.91 Å². The predicted molar refractivity (Wildman–Crippen MR) is 112 cm³/mol. The Bertz CT molecular complexity index is 887. The maximum absolute atomic E-state index is 12.9. The Morgan fingerprint density at radius 1 is 1.21 bits per heavy atom. The lowest BCUT2D eigenvalue weighted by Crippen LogP contribution is -2.32. The first-order valence-corrected chi connectivity index (χ1v) is 10.5. The van der Waals surface area contributed by atoms with E-state index >= 15 is 0 Å². The molecule has 1 amide bonds. The van der Waals surface area contributed by atoms with Gasteiger partial charge in [-0.05, 0) is 68.7 Å². The lowest BCUT2D eigenvalue weighted by atomic mass is 9.95. The second-order valence-corrected chi connectivity index (χ2v) is 8.28. The number of carbonyl (C=O) groups is 2. The largest absolute Gasteiger partial charge is 0.480 e. The Balaban J connectivity index is 1.84. The number of fused-ring (bicyclic) bond motifs is 1. The molecule has 0 aliphatic heterocycles. The summed E-state index contributed by atoms with van der Waals surface area (Å²) in [5, 5.41) is 3.52. The van der Waals surface area contributed by atoms with Gasteiger partial charge in [-0.2, -0.15) is 0 Å². The molecular weight excluding hydrogens is 374 g/mol. The lowest BCUT2D eigenvalue weighted by Gasteiger charge is -2.19. The van der Waals surface area contributed by atoms with Crippen LogP contribution in [0.2, 0.25) is 0 Å². The third kappa shape index (κ3) is 4.22. The molecule has 1 heterocycles. The van der Waals surface area contributed by atoms with Crippen LogP contribution in [0.25, 0.3) is 0 Å². The highest BCUT2D eigenvalue weighted by molar-refractivity contribution is 7.17. The Labute approximate surface area is 170 Å². The van der Waals surface area contributed by atoms with Crippen LogP contribution in [0, 0.1) is 13.8 Å². The number of methoxy groups -OCH3 is 1. The number of hydrogen-bond acceptors (Lipinski definition) is 5. The van der Waals surface area contributed by atoms with Gasteiger partial charge in [0.25, 0.3) is 5.91 Å². The van der Waals surface area contributed by atoms with E-state index in [9.17, 15) is 9.59 Å². The molecule has 28 heavy (non-hydrogen) atoms. The number of amides is 1. The van der Waals surface area contributed by atoms with E-state index in [4.69, 9.17) is 9.47 Å². The number of esters is 1. The molecule has 3 rings (SSSR count). The predicted octanol–water partition coefficient (Wildman–Crippen LogP) is 4.83. The molecule has 0 fully saturated rings. The molecule has 1 N–H and O–H groups in total. The highest BCUT2D eigenvalue weighted by Gasteiger charge is 2.29. The molecule has 1 aliphatic rings. The molecule has 1 aromatic heterocycles. The molecule has 1 aromatic carbocycles. The summed E-state index contributed by atoms with van der Waals surface area (Å²) in [6.07, 6.45) is 3.84. The topological polar surface area (TPSA) is 64.6 Å². The molecule has 0 radical (unpaired) electrons. The molecule has 6 heteroatoms. The van der Waals surface area contributed by atoms with Crippen LogP contribution in [-0.2, 0) is 22.4 Å². The molecule has 0 spiro atoms. The first-order valence-electron chi connectivity index (χ1n) is 9.72. The number of carbonyl (C=O) groups excluding carboxylic acids is 2. The standard InChI is InChI=1S/C22H27NO4S/c1-5-16(27-17-12-13(2)10-11-14(17)3)20(24)23-21-19(22(25)26-4)15-8-6-7-9-18(15)28-21/h10-12,16H,5-9H2,1-4H3,(H,23,24)/t16-/m0/s1. The van der Waals surface area contributed by atoms with Crippen molar-refractivity contribution in [3.05, 3.63) is 45.3 Å². The average Bonchev–Trinajstić information content (AvgIpc) is 3.05. The number of hydrogen-bond donors (Lipinski definition) is 1. The minimum Gasteiger partial charge on any atom is -0.480 e. The van der Waals surface area contributed by atoms with E-state index in [1.165, 1.54) is 23.3 Å². The number of aryl methyl sites for hydroxylation is 3. The molecule has 0 bridgehead atoms. The van der Waals surface area contributed by atoms with Crippen molar-refractivity contribution in [2.24, 2.45) is 0 Å². The van der Waals surface area contributed by atoms with Gasteiger partial charge in [0.2, 0.25) is 0 Å². The molecule has 0 saturated carbocycles. The average molecular weight is 402 g/mol. The van der Waals surface area contributed by atoms with E-state index in [1.807, 2.05) is 39.0 Å². The van der Waals surface area contributed by atoms with Gasteiger partial charge in [-0.1, -0.05) is 19.1 Å². The highest BCUT2D eigenvalue weighted by Crippen LogP contribution is 2.38. The Kier molecular flexibility index (Phi) is 6.39. The molecule has 1 atom stereocenters. The van der Waals surface area contributed by atoms with Gasteiger partial charge in [-0.15, -0.1) is 11.3 Å². The van der Waals surface area contributed by atoms with E-state index in [0.29, 0.717) is 22.7 Å². The van der Waals surface area contributed by atoms with Crippen LogP contribution in [0.1, 0.15) is 58.1 Å². The molecule has 0 saturated heterocycles. The van der Waals surface area contributed by atoms with Crippen molar-refractivity contribution in [2.75, 3.05) is 12.4 Å². The van der Waals surface area contributed by atoms with Crippen LogP contribution in [0.4, 0.5) is 5.00 Å². The molecule has 5 nitrogen and oxygen atoms in total. The van der Waals surface area contributed by atoms with Gasteiger partial charge in [0.05, 0.1) is 12.7 Å². The van der Waals surface area contributed by atoms with Gasteiger partial charge >= 0.3 is 5.97 Å². The molecule has 2 aromatic rings. The molecule has 150 valence electrons. The van der Waals surface area contributed by atoms with Crippen LogP contribution >= 0.6 is 11.3 Å². The van der Waals surface area contributed by atoms with Gasteiger partial charge in [0, 0.05) is 4.88 Å². The number of benzene rings is 1. The van der Waals surface area contributed by atoms with E-state index in [2.05, 4.69) is 5.32 Å². The maximum Gasteiger partial charge on any atom is 0.341 e. The SMILES string of the molecule is CC[C@H](Oc1cc(C)ccc1C)C(=O)Nc1sc2c(c1C(=O)OC)CCCC2. The number of nitrogens with one attached hydrogen (secondary N) is 1. The van der Waals surface area contributed by atoms with Crippen molar-refractivity contribution < 1.29 is 19.1 Å². The van der Waals surface area contributed by atoms with Gasteiger partial charge in [0.15, 0.2) is 6.10 Å². The smallest absolute Gasteiger partial charge is 0.341 e. The zero-order valence-electron chi connectivity index (χ0n) is 16.9. The summed E-state index contributed by atoms with van der Waals surface area (Å²) in [5.74, 6) is 0.0750. The van der Waals surface area contributed by atoms with Crippen LogP contribution in [0.3, 0.4) is 0 Å². The highest BCUT2D eigenvalue weighted by atomic mass is 32.1. The van der Waals surface area contributed by atoms with Crippen molar-refractivity contribution in [3.63, 3.8) is 0 Å². The van der Waals surface area contributed by atoms with E-state index < -0.39 is 12.1 Å². The minimum atomic E-state index is -0.634. The molecule has 1 aliphatic carbocycles. The van der Waals surface area contributed by atoms with Gasteiger partial charge in [-0.25, -0.2) is 4.79 Å². The number of rotatable bonds is 6. The second kappa shape index (κ2) is 8.78. The normalized spacial score (nSPS) is 14.1. The number of ether oxygens (including phenoxy) is 2. The third-order valence-corrected chi connectivity index (χ3v) is 6.28. The van der Waals surface area contributed by atoms with Gasteiger partial charge in [-0.3, -0.25) is 4.79 Å². The summed E-state index contributed by atoms with van der Waals surface area (Å²) >= 11 is 1.49. The van der Waals surface area contributed by atoms with Gasteiger partial charge < -0.3 is 14.8 Å². The van der Waals surface area contributed by atoms with Crippen LogP contribution in [0.5, 0.6) is 5.75 Å². The van der Waals surface area contributed by atoms with Crippen LogP contribution in [-0.4, -0.2) is 25.1 Å². The monoisotopic (exact) mass is 401 g/mol. The Morgan fingerprint density at radius 2 is 1.96 bits per heavy atom. The van der Waals surface area contributed by atoms with Crippen molar-refractivity contribution in [3.8, 4) is 5.75 Å². The Hall–Kier alpha value is -2.34. The van der Waals surface area contributed by atoms with Crippen molar-refractivity contribution >= 4 is 28.2 Å². The number of anilines is 1. The second-order valence-electron chi connectivity index (χ2n) is 7.18. The first kappa shape index (κ1) is 20.4. The zero-order chi connectivity index (χ0) is 20.3. The quantitative estimate of drug-likeness (QED) is 0.705. The van der Waals surface area contributed by atoms with Crippen molar-refractivity contribution in [1.82, 2.24) is 0 Å². The fourth-order valence-corrected chi connectivity index (χ4v) is 4.75. The first-order chi connectivity index (χ1) is 13.4. The van der Waals surface area contributed by atoms with E-state index in [0.717, 1.165) is 42.4 Å². The molecule has 0 unspecified atom stereocenters. The summed E-state index contributed by atoms with van der Waals surface area (Å²) in [6, 6.07) is 5.94. The lowest BCUT2D eigenvalue weighted by molar-refractivity contribution is -0.122. The molecular formula is C22H27NO4S.